The topological polar surface area (TPSA) is 88.1 Å². The van der Waals surface area contributed by atoms with Crippen molar-refractivity contribution in [3.8, 4) is 0 Å². The third-order valence-electron chi connectivity index (χ3n) is 2.44. The van der Waals surface area contributed by atoms with Crippen LogP contribution in [-0.2, 0) is 33.3 Å². The second kappa shape index (κ2) is 11.6. The van der Waals surface area contributed by atoms with Crippen molar-refractivity contribution in [2.45, 2.75) is 34.1 Å². The molecule has 0 aliphatic carbocycles. The summed E-state index contributed by atoms with van der Waals surface area (Å²) in [7, 11) is 0. The van der Waals surface area contributed by atoms with E-state index in [1.807, 2.05) is 0 Å². The molecular weight excluding hydrogens is 292 g/mol. The molecule has 22 heavy (non-hydrogen) atoms. The fraction of sp³-hybridized carbons (Fsp3) is 0.667. The zero-order valence-corrected chi connectivity index (χ0v) is 13.5. The van der Waals surface area contributed by atoms with E-state index in [0.717, 1.165) is 6.08 Å². The van der Waals surface area contributed by atoms with Gasteiger partial charge in [0, 0.05) is 6.42 Å². The molecule has 0 aromatic rings. The van der Waals surface area contributed by atoms with E-state index in [1.54, 1.807) is 27.7 Å². The molecule has 0 heterocycles. The fourth-order valence-corrected chi connectivity index (χ4v) is 1.61. The molecule has 0 aromatic heterocycles. The van der Waals surface area contributed by atoms with Gasteiger partial charge in [-0.25, -0.2) is 4.79 Å². The predicted octanol–water partition coefficient (Wildman–Crippen LogP) is 1.60. The Kier molecular flexibility index (Phi) is 10.5. The highest BCUT2D eigenvalue weighted by Crippen LogP contribution is 2.17. The largest absolute Gasteiger partial charge is 0.498 e. The predicted molar refractivity (Wildman–Crippen MR) is 77.7 cm³/mol. The second-order valence-electron chi connectivity index (χ2n) is 4.06. The number of carbonyl (C=O) groups is 3. The smallest absolute Gasteiger partial charge is 0.334 e. The number of ether oxygens (including phenoxy) is 4. The van der Waals surface area contributed by atoms with Gasteiger partial charge >= 0.3 is 17.9 Å². The van der Waals surface area contributed by atoms with Crippen molar-refractivity contribution in [1.29, 1.82) is 0 Å². The van der Waals surface area contributed by atoms with Crippen molar-refractivity contribution >= 4 is 17.9 Å². The molecule has 0 unspecified atom stereocenters. The normalized spacial score (nSPS) is 11.0. The highest BCUT2D eigenvalue weighted by molar-refractivity contribution is 5.95. The number of hydrogen-bond acceptors (Lipinski definition) is 7. The minimum atomic E-state index is -1.17. The Bertz CT molecular complexity index is 383. The standard InChI is InChI=1S/C15H24O7/c1-5-19-11(10-13(16)20-6-2)9-12(14(17)21-7-3)15(18)22-8-4/h10,12H,5-9H2,1-4H3. The van der Waals surface area contributed by atoms with Crippen LogP contribution in [0.1, 0.15) is 34.1 Å². The van der Waals surface area contributed by atoms with Crippen LogP contribution >= 0.6 is 0 Å². The molecule has 7 nitrogen and oxygen atoms in total. The minimum Gasteiger partial charge on any atom is -0.498 e. The van der Waals surface area contributed by atoms with E-state index in [4.69, 9.17) is 18.9 Å². The molecule has 0 N–H and O–H groups in total. The first kappa shape index (κ1) is 19.9. The zero-order chi connectivity index (χ0) is 17.0. The lowest BCUT2D eigenvalue weighted by Crippen LogP contribution is -2.29. The molecule has 0 saturated heterocycles. The number of carbonyl (C=O) groups excluding carboxylic acids is 3. The Balaban J connectivity index is 5.13. The van der Waals surface area contributed by atoms with Crippen LogP contribution in [0, 0.1) is 5.92 Å². The lowest BCUT2D eigenvalue weighted by Gasteiger charge is -2.16. The summed E-state index contributed by atoms with van der Waals surface area (Å²) in [6.07, 6.45) is 1.00. The molecule has 126 valence electrons. The van der Waals surface area contributed by atoms with E-state index in [-0.39, 0.29) is 38.6 Å². The SMILES string of the molecule is CCOC(=O)C=C(CC(C(=O)OCC)C(=O)OCC)OCC. The van der Waals surface area contributed by atoms with Crippen molar-refractivity contribution in [3.05, 3.63) is 11.8 Å². The van der Waals surface area contributed by atoms with Crippen molar-refractivity contribution in [2.75, 3.05) is 26.4 Å². The first-order valence-electron chi connectivity index (χ1n) is 7.33. The van der Waals surface area contributed by atoms with E-state index >= 15 is 0 Å². The highest BCUT2D eigenvalue weighted by atomic mass is 16.6. The maximum atomic E-state index is 11.9. The first-order chi connectivity index (χ1) is 10.5. The summed E-state index contributed by atoms with van der Waals surface area (Å²) in [6, 6.07) is 0. The molecule has 0 atom stereocenters. The van der Waals surface area contributed by atoms with Crippen LogP contribution in [0.5, 0.6) is 0 Å². The van der Waals surface area contributed by atoms with Crippen LogP contribution in [0.25, 0.3) is 0 Å². The van der Waals surface area contributed by atoms with Crippen LogP contribution in [0.4, 0.5) is 0 Å². The average Bonchev–Trinajstić information content (AvgIpc) is 2.45. The summed E-state index contributed by atoms with van der Waals surface area (Å²) in [5, 5.41) is 0. The third-order valence-corrected chi connectivity index (χ3v) is 2.44. The van der Waals surface area contributed by atoms with Crippen molar-refractivity contribution in [1.82, 2.24) is 0 Å². The number of esters is 3. The van der Waals surface area contributed by atoms with Crippen molar-refractivity contribution in [2.24, 2.45) is 5.92 Å². The maximum Gasteiger partial charge on any atom is 0.334 e. The van der Waals surface area contributed by atoms with Gasteiger partial charge < -0.3 is 18.9 Å². The monoisotopic (exact) mass is 316 g/mol. The number of allylic oxidation sites excluding steroid dienone is 1. The van der Waals surface area contributed by atoms with E-state index in [9.17, 15) is 14.4 Å². The van der Waals surface area contributed by atoms with Gasteiger partial charge in [0.2, 0.25) is 0 Å². The zero-order valence-electron chi connectivity index (χ0n) is 13.5. The van der Waals surface area contributed by atoms with Crippen LogP contribution < -0.4 is 0 Å². The molecule has 0 saturated carbocycles. The molecule has 0 spiro atoms. The van der Waals surface area contributed by atoms with Gasteiger partial charge in [0.05, 0.1) is 32.5 Å². The first-order valence-corrected chi connectivity index (χ1v) is 7.33. The van der Waals surface area contributed by atoms with Crippen molar-refractivity contribution in [3.63, 3.8) is 0 Å². The summed E-state index contributed by atoms with van der Waals surface area (Å²) >= 11 is 0. The van der Waals surface area contributed by atoms with Gasteiger partial charge in [-0.15, -0.1) is 0 Å². The van der Waals surface area contributed by atoms with E-state index in [2.05, 4.69) is 0 Å². The van der Waals surface area contributed by atoms with E-state index in [1.165, 1.54) is 0 Å². The van der Waals surface area contributed by atoms with Crippen LogP contribution in [0.3, 0.4) is 0 Å². The fourth-order valence-electron chi connectivity index (χ4n) is 1.61. The summed E-state index contributed by atoms with van der Waals surface area (Å²) in [5.74, 6) is -3.03. The van der Waals surface area contributed by atoms with Gasteiger partial charge in [0.25, 0.3) is 0 Å². The van der Waals surface area contributed by atoms with Gasteiger partial charge in [-0.1, -0.05) is 0 Å². The molecule has 0 amide bonds. The highest BCUT2D eigenvalue weighted by Gasteiger charge is 2.31. The Hall–Kier alpha value is -2.05. The van der Waals surface area contributed by atoms with Crippen molar-refractivity contribution < 1.29 is 33.3 Å². The minimum absolute atomic E-state index is 0.121. The molecule has 0 radical (unpaired) electrons. The summed E-state index contributed by atoms with van der Waals surface area (Å²) < 4.78 is 19.8. The van der Waals surface area contributed by atoms with Gasteiger partial charge in [0.1, 0.15) is 5.76 Å². The summed E-state index contributed by atoms with van der Waals surface area (Å²) in [4.78, 5) is 35.3. The molecule has 0 aliphatic rings. The molecule has 0 bridgehead atoms. The molecular formula is C15H24O7. The van der Waals surface area contributed by atoms with Crippen LogP contribution in [0.2, 0.25) is 0 Å². The Morgan fingerprint density at radius 3 is 1.64 bits per heavy atom. The Morgan fingerprint density at radius 2 is 1.23 bits per heavy atom. The van der Waals surface area contributed by atoms with E-state index < -0.39 is 23.8 Å². The quantitative estimate of drug-likeness (QED) is 0.199. The van der Waals surface area contributed by atoms with E-state index in [0.29, 0.717) is 0 Å². The number of hydrogen-bond donors (Lipinski definition) is 0. The van der Waals surface area contributed by atoms with Gasteiger partial charge in [0.15, 0.2) is 5.92 Å². The van der Waals surface area contributed by atoms with Gasteiger partial charge in [-0.05, 0) is 27.7 Å². The summed E-state index contributed by atoms with van der Waals surface area (Å²) in [5.41, 5.74) is 0. The number of rotatable bonds is 10. The van der Waals surface area contributed by atoms with Crippen LogP contribution in [-0.4, -0.2) is 44.3 Å². The Labute approximate surface area is 130 Å². The second-order valence-corrected chi connectivity index (χ2v) is 4.06. The molecule has 7 heteroatoms. The Morgan fingerprint density at radius 1 is 0.773 bits per heavy atom. The van der Waals surface area contributed by atoms with Crippen LogP contribution in [0.15, 0.2) is 11.8 Å². The average molecular weight is 316 g/mol. The van der Waals surface area contributed by atoms with Gasteiger partial charge in [-0.2, -0.15) is 0 Å². The van der Waals surface area contributed by atoms with Gasteiger partial charge in [-0.3, -0.25) is 9.59 Å². The molecule has 0 aromatic carbocycles. The maximum absolute atomic E-state index is 11.9. The molecule has 0 fully saturated rings. The lowest BCUT2D eigenvalue weighted by atomic mass is 10.0. The molecule has 0 aliphatic heterocycles. The third kappa shape index (κ3) is 7.66. The summed E-state index contributed by atoms with van der Waals surface area (Å²) in [6.45, 7) is 7.45. The molecule has 0 rings (SSSR count). The lowest BCUT2D eigenvalue weighted by molar-refractivity contribution is -0.162.